The second-order valence-electron chi connectivity index (χ2n) is 4.97. The van der Waals surface area contributed by atoms with Gasteiger partial charge in [-0.25, -0.2) is 0 Å². The smallest absolute Gasteiger partial charge is 0.223 e. The fraction of sp³-hybridized carbons (Fsp3) is 0.467. The molecule has 4 heteroatoms. The number of rotatable bonds is 6. The van der Waals surface area contributed by atoms with Gasteiger partial charge in [-0.2, -0.15) is 5.26 Å². The van der Waals surface area contributed by atoms with Crippen molar-refractivity contribution in [3.8, 4) is 6.07 Å². The van der Waals surface area contributed by atoms with Crippen LogP contribution in [0.4, 0.5) is 5.69 Å². The number of anilines is 1. The molecule has 2 N–H and O–H groups in total. The minimum Gasteiger partial charge on any atom is -0.399 e. The summed E-state index contributed by atoms with van der Waals surface area (Å²) in [5, 5.41) is 8.63. The maximum atomic E-state index is 12.2. The van der Waals surface area contributed by atoms with Gasteiger partial charge in [0.25, 0.3) is 0 Å². The largest absolute Gasteiger partial charge is 0.399 e. The molecule has 0 spiro atoms. The number of amides is 1. The van der Waals surface area contributed by atoms with Crippen molar-refractivity contribution in [2.45, 2.75) is 38.1 Å². The average Bonchev–Trinajstić information content (AvgIpc) is 3.23. The maximum Gasteiger partial charge on any atom is 0.223 e. The number of aryl methyl sites for hydroxylation is 1. The van der Waals surface area contributed by atoms with Crippen molar-refractivity contribution in [3.05, 3.63) is 29.8 Å². The Morgan fingerprint density at radius 3 is 2.63 bits per heavy atom. The summed E-state index contributed by atoms with van der Waals surface area (Å²) in [6, 6.07) is 10.1. The molecular formula is C15H19N3O. The third-order valence-corrected chi connectivity index (χ3v) is 3.38. The first kappa shape index (κ1) is 13.4. The summed E-state index contributed by atoms with van der Waals surface area (Å²) in [6.45, 7) is 0.571. The van der Waals surface area contributed by atoms with Gasteiger partial charge in [0.1, 0.15) is 0 Å². The number of hydrogen-bond donors (Lipinski definition) is 1. The molecule has 0 bridgehead atoms. The van der Waals surface area contributed by atoms with Crippen molar-refractivity contribution in [2.24, 2.45) is 0 Å². The number of hydrogen-bond acceptors (Lipinski definition) is 3. The Morgan fingerprint density at radius 2 is 2.05 bits per heavy atom. The van der Waals surface area contributed by atoms with E-state index in [1.165, 1.54) is 0 Å². The standard InChI is InChI=1S/C15H19N3O/c16-10-1-11-18(14-7-8-14)15(19)9-4-12-2-5-13(17)6-3-12/h2-3,5-6,14H,1,4,7-9,11,17H2. The summed E-state index contributed by atoms with van der Waals surface area (Å²) >= 11 is 0. The van der Waals surface area contributed by atoms with Gasteiger partial charge in [0.05, 0.1) is 12.5 Å². The van der Waals surface area contributed by atoms with Gasteiger partial charge >= 0.3 is 0 Å². The maximum absolute atomic E-state index is 12.2. The van der Waals surface area contributed by atoms with E-state index < -0.39 is 0 Å². The van der Waals surface area contributed by atoms with Gasteiger partial charge in [-0.3, -0.25) is 4.79 Å². The number of nitrogens with zero attached hydrogens (tertiary/aromatic N) is 2. The molecule has 19 heavy (non-hydrogen) atoms. The van der Waals surface area contributed by atoms with Crippen LogP contribution in [0, 0.1) is 11.3 Å². The van der Waals surface area contributed by atoms with Gasteiger partial charge in [-0.1, -0.05) is 12.1 Å². The van der Waals surface area contributed by atoms with Crippen LogP contribution in [-0.2, 0) is 11.2 Å². The zero-order valence-electron chi connectivity index (χ0n) is 11.0. The van der Waals surface area contributed by atoms with Gasteiger partial charge in [-0.05, 0) is 37.0 Å². The summed E-state index contributed by atoms with van der Waals surface area (Å²) in [5.74, 6) is 0.162. The first-order valence-corrected chi connectivity index (χ1v) is 6.71. The quantitative estimate of drug-likeness (QED) is 0.793. The average molecular weight is 257 g/mol. The summed E-state index contributed by atoms with van der Waals surface area (Å²) in [6.07, 6.45) is 3.82. The first-order chi connectivity index (χ1) is 9.20. The monoisotopic (exact) mass is 257 g/mol. The number of nitrogen functional groups attached to an aromatic ring is 1. The highest BCUT2D eigenvalue weighted by molar-refractivity contribution is 5.77. The lowest BCUT2D eigenvalue weighted by atomic mass is 10.1. The van der Waals surface area contributed by atoms with Gasteiger partial charge in [0.15, 0.2) is 0 Å². The third-order valence-electron chi connectivity index (χ3n) is 3.38. The Kier molecular flexibility index (Phi) is 4.40. The predicted molar refractivity (Wildman–Crippen MR) is 74.1 cm³/mol. The number of carbonyl (C=O) groups excluding carboxylic acids is 1. The van der Waals surface area contributed by atoms with Crippen LogP contribution in [0.1, 0.15) is 31.2 Å². The fourth-order valence-corrected chi connectivity index (χ4v) is 2.15. The van der Waals surface area contributed by atoms with E-state index in [1.807, 2.05) is 29.2 Å². The Morgan fingerprint density at radius 1 is 1.37 bits per heavy atom. The second kappa shape index (κ2) is 6.24. The van der Waals surface area contributed by atoms with Crippen LogP contribution in [0.15, 0.2) is 24.3 Å². The van der Waals surface area contributed by atoms with Crippen LogP contribution in [0.3, 0.4) is 0 Å². The molecule has 0 heterocycles. The minimum atomic E-state index is 0.162. The highest BCUT2D eigenvalue weighted by Crippen LogP contribution is 2.27. The number of carbonyl (C=O) groups is 1. The highest BCUT2D eigenvalue weighted by Gasteiger charge is 2.31. The number of nitriles is 1. The Balaban J connectivity index is 1.85. The molecular weight excluding hydrogens is 238 g/mol. The molecule has 2 rings (SSSR count). The van der Waals surface area contributed by atoms with Gasteiger partial charge in [-0.15, -0.1) is 0 Å². The van der Waals surface area contributed by atoms with E-state index in [2.05, 4.69) is 6.07 Å². The lowest BCUT2D eigenvalue weighted by molar-refractivity contribution is -0.131. The normalized spacial score (nSPS) is 13.8. The van der Waals surface area contributed by atoms with Crippen LogP contribution < -0.4 is 5.73 Å². The highest BCUT2D eigenvalue weighted by atomic mass is 16.2. The Bertz CT molecular complexity index is 471. The van der Waals surface area contributed by atoms with E-state index in [-0.39, 0.29) is 5.91 Å². The topological polar surface area (TPSA) is 70.1 Å². The third kappa shape index (κ3) is 3.99. The molecule has 0 aromatic heterocycles. The van der Waals surface area contributed by atoms with Gasteiger partial charge in [0, 0.05) is 24.7 Å². The van der Waals surface area contributed by atoms with E-state index >= 15 is 0 Å². The molecule has 0 aliphatic heterocycles. The predicted octanol–water partition coefficient (Wildman–Crippen LogP) is 2.11. The van der Waals surface area contributed by atoms with Crippen molar-refractivity contribution in [1.82, 2.24) is 4.90 Å². The number of benzene rings is 1. The molecule has 100 valence electrons. The molecule has 1 aromatic carbocycles. The van der Waals surface area contributed by atoms with Crippen molar-refractivity contribution in [3.63, 3.8) is 0 Å². The van der Waals surface area contributed by atoms with Crippen molar-refractivity contribution < 1.29 is 4.79 Å². The summed E-state index contributed by atoms with van der Waals surface area (Å²) < 4.78 is 0. The van der Waals surface area contributed by atoms with E-state index in [0.717, 1.165) is 30.5 Å². The molecule has 0 atom stereocenters. The molecule has 0 saturated heterocycles. The minimum absolute atomic E-state index is 0.162. The van der Waals surface area contributed by atoms with Crippen molar-refractivity contribution in [2.75, 3.05) is 12.3 Å². The van der Waals surface area contributed by atoms with Crippen molar-refractivity contribution in [1.29, 1.82) is 5.26 Å². The summed E-state index contributed by atoms with van der Waals surface area (Å²) in [7, 11) is 0. The SMILES string of the molecule is N#CCCN(C(=O)CCc1ccc(N)cc1)C1CC1. The van der Waals surface area contributed by atoms with Crippen LogP contribution in [-0.4, -0.2) is 23.4 Å². The number of nitrogens with two attached hydrogens (primary N) is 1. The summed E-state index contributed by atoms with van der Waals surface area (Å²) in [4.78, 5) is 14.0. The van der Waals surface area contributed by atoms with Gasteiger partial charge < -0.3 is 10.6 Å². The van der Waals surface area contributed by atoms with Crippen LogP contribution >= 0.6 is 0 Å². The van der Waals surface area contributed by atoms with E-state index in [1.54, 1.807) is 0 Å². The van der Waals surface area contributed by atoms with E-state index in [0.29, 0.717) is 25.4 Å². The second-order valence-corrected chi connectivity index (χ2v) is 4.97. The van der Waals surface area contributed by atoms with E-state index in [9.17, 15) is 4.79 Å². The van der Waals surface area contributed by atoms with Crippen LogP contribution in [0.2, 0.25) is 0 Å². The molecule has 1 saturated carbocycles. The molecule has 1 aliphatic carbocycles. The Hall–Kier alpha value is -2.02. The first-order valence-electron chi connectivity index (χ1n) is 6.71. The molecule has 1 amide bonds. The molecule has 1 aliphatic rings. The van der Waals surface area contributed by atoms with Crippen LogP contribution in [0.5, 0.6) is 0 Å². The fourth-order valence-electron chi connectivity index (χ4n) is 2.15. The van der Waals surface area contributed by atoms with E-state index in [4.69, 9.17) is 11.0 Å². The molecule has 0 radical (unpaired) electrons. The molecule has 0 unspecified atom stereocenters. The lowest BCUT2D eigenvalue weighted by Gasteiger charge is -2.21. The Labute approximate surface area is 113 Å². The lowest BCUT2D eigenvalue weighted by Crippen LogP contribution is -2.34. The van der Waals surface area contributed by atoms with Gasteiger partial charge in [0.2, 0.25) is 5.91 Å². The zero-order valence-corrected chi connectivity index (χ0v) is 11.0. The van der Waals surface area contributed by atoms with Crippen molar-refractivity contribution >= 4 is 11.6 Å². The molecule has 1 aromatic rings. The summed E-state index contributed by atoms with van der Waals surface area (Å²) in [5.41, 5.74) is 7.49. The zero-order chi connectivity index (χ0) is 13.7. The van der Waals surface area contributed by atoms with Crippen LogP contribution in [0.25, 0.3) is 0 Å². The molecule has 1 fully saturated rings. The molecule has 4 nitrogen and oxygen atoms in total.